The zero-order valence-corrected chi connectivity index (χ0v) is 8.72. The second-order valence-corrected chi connectivity index (χ2v) is 0.949. The van der Waals surface area contributed by atoms with Crippen molar-refractivity contribution in [1.29, 1.82) is 0 Å². The van der Waals surface area contributed by atoms with E-state index in [2.05, 4.69) is 0 Å². The van der Waals surface area contributed by atoms with Crippen LogP contribution in [0.5, 0.6) is 0 Å². The molecular weight excluding hydrogens is 187 g/mol. The molecule has 0 rings (SSSR count). The van der Waals surface area contributed by atoms with Gasteiger partial charge >= 0.3 is 18.6 Å². The summed E-state index contributed by atoms with van der Waals surface area (Å²) in [6.45, 7) is 5.79. The third kappa shape index (κ3) is 4110. The number of aliphatic hydroxyl groups excluding tert-OH is 3. The van der Waals surface area contributed by atoms with E-state index in [1.54, 1.807) is 20.8 Å². The first kappa shape index (κ1) is 30.1. The Morgan fingerprint density at radius 3 is 0.727 bits per heavy atom. The maximum Gasteiger partial charge on any atom is 2.00 e. The quantitative estimate of drug-likeness (QED) is 0.514. The Hall–Kier alpha value is 0.424. The Labute approximate surface area is 80.4 Å². The van der Waals surface area contributed by atoms with Crippen LogP contribution in [-0.2, 0) is 24.0 Å². The predicted octanol–water partition coefficient (Wildman–Crippen LogP) is -0.126. The smallest absolute Gasteiger partial charge is 2.00 e. The number of aliphatic hydroxyl groups is 3. The Bertz CT molecular complexity index is 19.3. The van der Waals surface area contributed by atoms with Crippen LogP contribution < -0.4 is 0 Å². The van der Waals surface area contributed by atoms with Crippen molar-refractivity contribution < 1.29 is 39.4 Å². The summed E-state index contributed by atoms with van der Waals surface area (Å²) < 4.78 is 0. The Morgan fingerprint density at radius 2 is 0.727 bits per heavy atom. The van der Waals surface area contributed by atoms with E-state index in [4.69, 9.17) is 15.3 Å². The Kier molecular flexibility index (Phi) is 216. The van der Waals surface area contributed by atoms with Gasteiger partial charge in [-0.2, -0.15) is 0 Å². The van der Waals surface area contributed by atoms with Crippen LogP contribution in [0, 0.1) is 0 Å². The van der Waals surface area contributed by atoms with Gasteiger partial charge in [-0.15, -0.1) is 0 Å². The van der Waals surface area contributed by atoms with Gasteiger partial charge in [0.2, 0.25) is 0 Å². The molecule has 0 atom stereocenters. The summed E-state index contributed by atoms with van der Waals surface area (Å²) in [7, 11) is 0. The molecule has 5 heteroatoms. The Balaban J connectivity index is -0.0000000150. The van der Waals surface area contributed by atoms with E-state index >= 15 is 0 Å². The maximum atomic E-state index is 7.57. The summed E-state index contributed by atoms with van der Waals surface area (Å²) in [6, 6.07) is 0. The molecule has 3 N–H and O–H groups in total. The number of rotatable bonds is 0. The van der Waals surface area contributed by atoms with E-state index in [1.807, 2.05) is 0 Å². The van der Waals surface area contributed by atoms with Crippen molar-refractivity contribution in [3.8, 4) is 0 Å². The molecule has 0 aromatic carbocycles. The average Bonchev–Trinajstić information content (AvgIpc) is 1.70. The predicted molar refractivity (Wildman–Crippen MR) is 39.0 cm³/mol. The van der Waals surface area contributed by atoms with Crippen LogP contribution in [0.4, 0.5) is 0 Å². The van der Waals surface area contributed by atoms with Gasteiger partial charge in [-0.3, -0.25) is 0 Å². The fraction of sp³-hybridized carbons (Fsp3) is 1.00. The summed E-state index contributed by atoms with van der Waals surface area (Å²) in [5.74, 6) is 0. The zero-order chi connectivity index (χ0) is 8.12. The third-order valence-corrected chi connectivity index (χ3v) is 0. The molecule has 0 spiro atoms. The maximum absolute atomic E-state index is 7.57. The molecular formula is C6H18O4V. The number of hydrogen-bond donors (Lipinski definition) is 3. The fourth-order valence-electron chi connectivity index (χ4n) is 0. The average molecular weight is 205 g/mol. The molecule has 71 valence electrons. The fourth-order valence-corrected chi connectivity index (χ4v) is 0. The van der Waals surface area contributed by atoms with Gasteiger partial charge in [0, 0.05) is 19.8 Å². The molecule has 4 nitrogen and oxygen atoms in total. The zero-order valence-electron chi connectivity index (χ0n) is 7.32. The van der Waals surface area contributed by atoms with E-state index in [9.17, 15) is 0 Å². The van der Waals surface area contributed by atoms with Crippen LogP contribution in [0.2, 0.25) is 0 Å². The summed E-state index contributed by atoms with van der Waals surface area (Å²) >= 11 is 0. The molecule has 0 saturated carbocycles. The molecule has 0 aromatic heterocycles. The van der Waals surface area contributed by atoms with E-state index in [1.165, 1.54) is 0 Å². The normalized spacial score (nSPS) is 4.91. The minimum absolute atomic E-state index is 0. The molecule has 0 saturated heterocycles. The molecule has 0 amide bonds. The van der Waals surface area contributed by atoms with E-state index in [0.717, 1.165) is 0 Å². The third-order valence-electron chi connectivity index (χ3n) is 0. The van der Waals surface area contributed by atoms with E-state index in [0.29, 0.717) is 0 Å². The van der Waals surface area contributed by atoms with Gasteiger partial charge in [0.15, 0.2) is 0 Å². The molecule has 0 heterocycles. The summed E-state index contributed by atoms with van der Waals surface area (Å²) in [4.78, 5) is 0. The molecule has 0 aliphatic carbocycles. The van der Waals surface area contributed by atoms with Gasteiger partial charge in [0.25, 0.3) is 0 Å². The molecule has 0 bridgehead atoms. The van der Waals surface area contributed by atoms with Crippen LogP contribution >= 0.6 is 0 Å². The van der Waals surface area contributed by atoms with Gasteiger partial charge in [0.1, 0.15) is 0 Å². The van der Waals surface area contributed by atoms with E-state index in [-0.39, 0.29) is 43.9 Å². The van der Waals surface area contributed by atoms with E-state index < -0.39 is 0 Å². The molecule has 11 heavy (non-hydrogen) atoms. The molecule has 0 aliphatic heterocycles. The molecule has 0 unspecified atom stereocenters. The minimum Gasteiger partial charge on any atom is -2.00 e. The summed E-state index contributed by atoms with van der Waals surface area (Å²) in [6.07, 6.45) is 0. The first-order valence-electron chi connectivity index (χ1n) is 3.07. The van der Waals surface area contributed by atoms with Gasteiger partial charge in [-0.1, -0.05) is 0 Å². The van der Waals surface area contributed by atoms with Crippen molar-refractivity contribution >= 4 is 0 Å². The second kappa shape index (κ2) is 79.0. The number of hydrogen-bond acceptors (Lipinski definition) is 3. The van der Waals surface area contributed by atoms with Gasteiger partial charge in [-0.05, 0) is 20.8 Å². The second-order valence-electron chi connectivity index (χ2n) is 0.949. The Morgan fingerprint density at radius 1 is 0.727 bits per heavy atom. The van der Waals surface area contributed by atoms with Crippen molar-refractivity contribution in [3.05, 3.63) is 0 Å². The van der Waals surface area contributed by atoms with Crippen molar-refractivity contribution in [2.45, 2.75) is 20.8 Å². The molecule has 1 radical (unpaired) electrons. The first-order valence-corrected chi connectivity index (χ1v) is 3.07. The van der Waals surface area contributed by atoms with Gasteiger partial charge in [0.05, 0.1) is 0 Å². The van der Waals surface area contributed by atoms with Crippen LogP contribution in [0.3, 0.4) is 0 Å². The molecule has 0 aromatic rings. The van der Waals surface area contributed by atoms with Gasteiger partial charge < -0.3 is 20.8 Å². The standard InChI is InChI=1S/3C2H6O.O.V/c3*1-2-3;;/h3*3H,2H2,1H3;;/q;;;-2;+2. The molecule has 0 fully saturated rings. The van der Waals surface area contributed by atoms with Crippen LogP contribution in [-0.4, -0.2) is 35.1 Å². The summed E-state index contributed by atoms with van der Waals surface area (Å²) in [5.41, 5.74) is 0. The van der Waals surface area contributed by atoms with Crippen LogP contribution in [0.25, 0.3) is 0 Å². The summed E-state index contributed by atoms with van der Waals surface area (Å²) in [5, 5.41) is 22.7. The largest absolute Gasteiger partial charge is 2.00 e. The monoisotopic (exact) mass is 205 g/mol. The topological polar surface area (TPSA) is 89.2 Å². The van der Waals surface area contributed by atoms with Crippen LogP contribution in [0.15, 0.2) is 0 Å². The van der Waals surface area contributed by atoms with Crippen LogP contribution in [0.1, 0.15) is 20.8 Å². The van der Waals surface area contributed by atoms with Crippen molar-refractivity contribution in [2.24, 2.45) is 0 Å². The van der Waals surface area contributed by atoms with Gasteiger partial charge in [-0.25, -0.2) is 0 Å². The van der Waals surface area contributed by atoms with Crippen molar-refractivity contribution in [3.63, 3.8) is 0 Å². The SMILES string of the molecule is CCO.CCO.CCO.[O-2].[V+2]. The van der Waals surface area contributed by atoms with Crippen molar-refractivity contribution in [2.75, 3.05) is 19.8 Å². The molecule has 0 aliphatic rings. The van der Waals surface area contributed by atoms with Crippen molar-refractivity contribution in [1.82, 2.24) is 0 Å². The minimum atomic E-state index is 0. The first-order chi connectivity index (χ1) is 4.24.